The molecule has 2 unspecified atom stereocenters. The van der Waals surface area contributed by atoms with E-state index in [1.54, 1.807) is 4.90 Å². The van der Waals surface area contributed by atoms with Gasteiger partial charge in [-0.3, -0.25) is 0 Å². The molecule has 0 aromatic heterocycles. The van der Waals surface area contributed by atoms with Gasteiger partial charge in [-0.05, 0) is 30.9 Å². The van der Waals surface area contributed by atoms with E-state index in [1.165, 1.54) is 6.07 Å². The summed E-state index contributed by atoms with van der Waals surface area (Å²) in [7, 11) is 0. The van der Waals surface area contributed by atoms with Gasteiger partial charge in [0.2, 0.25) is 0 Å². The second kappa shape index (κ2) is 6.85. The van der Waals surface area contributed by atoms with Crippen molar-refractivity contribution in [1.82, 2.24) is 4.90 Å². The summed E-state index contributed by atoms with van der Waals surface area (Å²) in [6.45, 7) is 3.12. The highest BCUT2D eigenvalue weighted by atomic mass is 19.1. The lowest BCUT2D eigenvalue weighted by Crippen LogP contribution is -2.51. The van der Waals surface area contributed by atoms with Gasteiger partial charge in [0.1, 0.15) is 11.6 Å². The average molecular weight is 297 g/mol. The van der Waals surface area contributed by atoms with Crippen LogP contribution in [-0.4, -0.2) is 30.1 Å². The topological polar surface area (TPSA) is 58.4 Å². The van der Waals surface area contributed by atoms with Crippen molar-refractivity contribution in [1.29, 1.82) is 0 Å². The van der Waals surface area contributed by atoms with Crippen molar-refractivity contribution >= 4 is 11.7 Å². The summed E-state index contributed by atoms with van der Waals surface area (Å²) in [5, 5.41) is 2.49. The highest BCUT2D eigenvalue weighted by Gasteiger charge is 2.30. The number of carbonyl (C=O) groups excluding carboxylic acids is 1. The zero-order valence-electron chi connectivity index (χ0n) is 12.1. The highest BCUT2D eigenvalue weighted by molar-refractivity contribution is 5.89. The summed E-state index contributed by atoms with van der Waals surface area (Å²) in [5.41, 5.74) is 5.73. The number of amides is 2. The van der Waals surface area contributed by atoms with Gasteiger partial charge in [-0.25, -0.2) is 13.6 Å². The highest BCUT2D eigenvalue weighted by Crippen LogP contribution is 2.26. The third kappa shape index (κ3) is 3.69. The van der Waals surface area contributed by atoms with Gasteiger partial charge < -0.3 is 16.0 Å². The SMILES string of the molecule is CCC1CCN(C(=O)Nc2ccc(F)cc2F)C(CN)C1. The van der Waals surface area contributed by atoms with E-state index in [9.17, 15) is 13.6 Å². The third-order valence-corrected chi connectivity index (χ3v) is 4.11. The van der Waals surface area contributed by atoms with Crippen molar-refractivity contribution in [3.63, 3.8) is 0 Å². The number of hydrogen-bond acceptors (Lipinski definition) is 2. The minimum Gasteiger partial charge on any atom is -0.328 e. The molecule has 0 aliphatic carbocycles. The predicted octanol–water partition coefficient (Wildman–Crippen LogP) is 2.95. The fourth-order valence-electron chi connectivity index (χ4n) is 2.77. The van der Waals surface area contributed by atoms with Gasteiger partial charge in [-0.2, -0.15) is 0 Å². The lowest BCUT2D eigenvalue weighted by molar-refractivity contribution is 0.138. The van der Waals surface area contributed by atoms with Crippen LogP contribution in [0, 0.1) is 17.6 Å². The third-order valence-electron chi connectivity index (χ3n) is 4.11. The Kier molecular flexibility index (Phi) is 5.12. The molecule has 1 aromatic rings. The van der Waals surface area contributed by atoms with E-state index < -0.39 is 11.6 Å². The first-order valence-corrected chi connectivity index (χ1v) is 7.27. The Morgan fingerprint density at radius 3 is 2.86 bits per heavy atom. The maximum Gasteiger partial charge on any atom is 0.322 e. The lowest BCUT2D eigenvalue weighted by atomic mass is 9.89. The van der Waals surface area contributed by atoms with Crippen LogP contribution in [0.4, 0.5) is 19.3 Å². The maximum absolute atomic E-state index is 13.6. The van der Waals surface area contributed by atoms with Gasteiger partial charge in [0.05, 0.1) is 5.69 Å². The van der Waals surface area contributed by atoms with Crippen LogP contribution in [0.2, 0.25) is 0 Å². The molecule has 2 rings (SSSR count). The van der Waals surface area contributed by atoms with E-state index in [4.69, 9.17) is 5.73 Å². The number of nitrogens with zero attached hydrogens (tertiary/aromatic N) is 1. The minimum atomic E-state index is -0.781. The summed E-state index contributed by atoms with van der Waals surface area (Å²) in [6.07, 6.45) is 2.86. The molecule has 1 saturated heterocycles. The molecule has 1 aromatic carbocycles. The maximum atomic E-state index is 13.6. The Labute approximate surface area is 123 Å². The Hall–Kier alpha value is -1.69. The lowest BCUT2D eigenvalue weighted by Gasteiger charge is -2.38. The molecule has 116 valence electrons. The standard InChI is InChI=1S/C15H21F2N3O/c1-2-10-5-6-20(12(7-10)9-18)15(21)19-14-4-3-11(16)8-13(14)17/h3-4,8,10,12H,2,5-7,9,18H2,1H3,(H,19,21). The molecule has 1 fully saturated rings. The van der Waals surface area contributed by atoms with Crippen molar-refractivity contribution in [3.05, 3.63) is 29.8 Å². The van der Waals surface area contributed by atoms with Crippen molar-refractivity contribution in [2.75, 3.05) is 18.4 Å². The van der Waals surface area contributed by atoms with Gasteiger partial charge in [-0.15, -0.1) is 0 Å². The summed E-state index contributed by atoms with van der Waals surface area (Å²) in [6, 6.07) is 2.67. The summed E-state index contributed by atoms with van der Waals surface area (Å²) in [5.74, 6) is -0.879. The number of urea groups is 1. The van der Waals surface area contributed by atoms with Gasteiger partial charge in [0, 0.05) is 25.2 Å². The average Bonchev–Trinajstić information content (AvgIpc) is 2.49. The van der Waals surface area contributed by atoms with Crippen LogP contribution in [0.1, 0.15) is 26.2 Å². The molecule has 6 heteroatoms. The molecule has 0 spiro atoms. The molecular weight excluding hydrogens is 276 g/mol. The molecule has 2 amide bonds. The van der Waals surface area contributed by atoms with Gasteiger partial charge in [-0.1, -0.05) is 13.3 Å². The van der Waals surface area contributed by atoms with Gasteiger partial charge in [0.15, 0.2) is 0 Å². The van der Waals surface area contributed by atoms with Crippen LogP contribution < -0.4 is 11.1 Å². The summed E-state index contributed by atoms with van der Waals surface area (Å²) >= 11 is 0. The number of benzene rings is 1. The quantitative estimate of drug-likeness (QED) is 0.901. The molecule has 0 bridgehead atoms. The van der Waals surface area contributed by atoms with Crippen LogP contribution in [0.25, 0.3) is 0 Å². The number of likely N-dealkylation sites (tertiary alicyclic amines) is 1. The predicted molar refractivity (Wildman–Crippen MR) is 77.9 cm³/mol. The smallest absolute Gasteiger partial charge is 0.322 e. The minimum absolute atomic E-state index is 0.0187. The number of carbonyl (C=O) groups is 1. The van der Waals surface area contributed by atoms with Gasteiger partial charge >= 0.3 is 6.03 Å². The number of nitrogens with one attached hydrogen (secondary N) is 1. The second-order valence-corrected chi connectivity index (χ2v) is 5.44. The van der Waals surface area contributed by atoms with Crippen LogP contribution in [0.3, 0.4) is 0 Å². The molecule has 0 radical (unpaired) electrons. The number of nitrogens with two attached hydrogens (primary N) is 1. The molecule has 1 aliphatic rings. The molecular formula is C15H21F2N3O. The largest absolute Gasteiger partial charge is 0.328 e. The monoisotopic (exact) mass is 297 g/mol. The second-order valence-electron chi connectivity index (χ2n) is 5.44. The molecule has 1 aliphatic heterocycles. The van der Waals surface area contributed by atoms with E-state index in [2.05, 4.69) is 12.2 Å². The molecule has 21 heavy (non-hydrogen) atoms. The summed E-state index contributed by atoms with van der Waals surface area (Å²) in [4.78, 5) is 13.9. The number of anilines is 1. The Morgan fingerprint density at radius 2 is 2.24 bits per heavy atom. The molecule has 2 atom stereocenters. The van der Waals surface area contributed by atoms with E-state index in [1.807, 2.05) is 0 Å². The Morgan fingerprint density at radius 1 is 1.48 bits per heavy atom. The zero-order valence-corrected chi connectivity index (χ0v) is 12.1. The van der Waals surface area contributed by atoms with Crippen LogP contribution >= 0.6 is 0 Å². The van der Waals surface area contributed by atoms with Crippen molar-refractivity contribution < 1.29 is 13.6 Å². The van der Waals surface area contributed by atoms with Crippen LogP contribution in [0.5, 0.6) is 0 Å². The first-order chi connectivity index (χ1) is 10.0. The number of hydrogen-bond donors (Lipinski definition) is 2. The van der Waals surface area contributed by atoms with Crippen molar-refractivity contribution in [2.45, 2.75) is 32.2 Å². The normalized spacial score (nSPS) is 22.2. The first-order valence-electron chi connectivity index (χ1n) is 7.27. The number of halogens is 2. The van der Waals surface area contributed by atoms with Crippen LogP contribution in [-0.2, 0) is 0 Å². The van der Waals surface area contributed by atoms with E-state index >= 15 is 0 Å². The number of rotatable bonds is 3. The molecule has 0 saturated carbocycles. The fraction of sp³-hybridized carbons (Fsp3) is 0.533. The first kappa shape index (κ1) is 15.7. The van der Waals surface area contributed by atoms with Crippen molar-refractivity contribution in [3.8, 4) is 0 Å². The zero-order chi connectivity index (χ0) is 15.4. The summed E-state index contributed by atoms with van der Waals surface area (Å²) < 4.78 is 26.4. The fourth-order valence-corrected chi connectivity index (χ4v) is 2.77. The van der Waals surface area contributed by atoms with E-state index in [-0.39, 0.29) is 17.8 Å². The van der Waals surface area contributed by atoms with Crippen molar-refractivity contribution in [2.24, 2.45) is 11.7 Å². The molecule has 3 N–H and O–H groups in total. The molecule has 1 heterocycles. The molecule has 4 nitrogen and oxygen atoms in total. The van der Waals surface area contributed by atoms with Crippen LogP contribution in [0.15, 0.2) is 18.2 Å². The Bertz CT molecular complexity index is 510. The Balaban J connectivity index is 2.05. The van der Waals surface area contributed by atoms with Gasteiger partial charge in [0.25, 0.3) is 0 Å². The van der Waals surface area contributed by atoms with E-state index in [0.717, 1.165) is 31.4 Å². The van der Waals surface area contributed by atoms with E-state index in [0.29, 0.717) is 19.0 Å². The number of piperidine rings is 1.